The topological polar surface area (TPSA) is 90.5 Å². The van der Waals surface area contributed by atoms with Gasteiger partial charge in [-0.05, 0) is 12.1 Å². The summed E-state index contributed by atoms with van der Waals surface area (Å²) >= 11 is 0. The number of nitrogens with zero attached hydrogens (tertiary/aromatic N) is 2. The van der Waals surface area contributed by atoms with Crippen LogP contribution in [0.1, 0.15) is 29.2 Å². The van der Waals surface area contributed by atoms with Crippen molar-refractivity contribution in [1.29, 1.82) is 0 Å². The number of methoxy groups -OCH3 is 1. The molecule has 1 atom stereocenters. The van der Waals surface area contributed by atoms with E-state index in [-0.39, 0.29) is 18.1 Å². The number of benzene rings is 1. The van der Waals surface area contributed by atoms with Gasteiger partial charge in [0.25, 0.3) is 0 Å². The van der Waals surface area contributed by atoms with Crippen LogP contribution in [0.3, 0.4) is 0 Å². The van der Waals surface area contributed by atoms with Gasteiger partial charge >= 0.3 is 6.18 Å². The van der Waals surface area contributed by atoms with Gasteiger partial charge in [-0.3, -0.25) is 0 Å². The fourth-order valence-electron chi connectivity index (χ4n) is 2.92. The summed E-state index contributed by atoms with van der Waals surface area (Å²) in [6, 6.07) is 0.749. The van der Waals surface area contributed by atoms with Crippen LogP contribution in [0, 0.1) is 5.82 Å². The molecule has 0 spiro atoms. The molecule has 6 nitrogen and oxygen atoms in total. The average Bonchev–Trinajstić information content (AvgIpc) is 2.98. The molecule has 1 aliphatic heterocycles. The molecule has 0 bridgehead atoms. The Kier molecular flexibility index (Phi) is 4.72. The molecule has 1 unspecified atom stereocenters. The largest absolute Gasteiger partial charge is 0.507 e. The first-order valence-corrected chi connectivity index (χ1v) is 7.59. The number of hydrogen-bond acceptors (Lipinski definition) is 6. The predicted molar refractivity (Wildman–Crippen MR) is 82.5 cm³/mol. The zero-order chi connectivity index (χ0) is 19.1. The number of aromatic nitrogens is 2. The Labute approximate surface area is 145 Å². The van der Waals surface area contributed by atoms with E-state index in [9.17, 15) is 22.7 Å². The lowest BCUT2D eigenvalue weighted by Crippen LogP contribution is -2.09. The van der Waals surface area contributed by atoms with Gasteiger partial charge in [0.15, 0.2) is 5.82 Å². The highest BCUT2D eigenvalue weighted by molar-refractivity contribution is 5.73. The molecule has 2 heterocycles. The maximum Gasteiger partial charge on any atom is 0.416 e. The van der Waals surface area contributed by atoms with Crippen molar-refractivity contribution in [3.63, 3.8) is 0 Å². The second-order valence-corrected chi connectivity index (χ2v) is 5.76. The summed E-state index contributed by atoms with van der Waals surface area (Å²) in [6.45, 7) is 0.389. The van der Waals surface area contributed by atoms with Crippen LogP contribution in [0.5, 0.6) is 5.75 Å². The molecule has 10 heteroatoms. The van der Waals surface area contributed by atoms with Crippen molar-refractivity contribution in [3.05, 3.63) is 34.6 Å². The van der Waals surface area contributed by atoms with Gasteiger partial charge in [0, 0.05) is 31.3 Å². The molecule has 1 aliphatic rings. The first kappa shape index (κ1) is 18.3. The van der Waals surface area contributed by atoms with Crippen molar-refractivity contribution >= 4 is 5.82 Å². The number of nitrogen functional groups attached to an aromatic ring is 1. The van der Waals surface area contributed by atoms with Crippen molar-refractivity contribution in [2.75, 3.05) is 19.5 Å². The lowest BCUT2D eigenvalue weighted by atomic mass is 9.98. The lowest BCUT2D eigenvalue weighted by molar-refractivity contribution is -0.137. The third-order valence-corrected chi connectivity index (χ3v) is 4.11. The maximum atomic E-state index is 14.4. The number of hydrogen-bond donors (Lipinski definition) is 2. The summed E-state index contributed by atoms with van der Waals surface area (Å²) in [5.41, 5.74) is 4.82. The van der Waals surface area contributed by atoms with E-state index in [1.807, 2.05) is 0 Å². The van der Waals surface area contributed by atoms with Crippen molar-refractivity contribution < 1.29 is 32.1 Å². The minimum absolute atomic E-state index is 0.0126. The van der Waals surface area contributed by atoms with Crippen LogP contribution in [0.25, 0.3) is 11.3 Å². The summed E-state index contributed by atoms with van der Waals surface area (Å²) in [5.74, 6) is -2.08. The molecule has 140 valence electrons. The zero-order valence-corrected chi connectivity index (χ0v) is 13.6. The highest BCUT2D eigenvalue weighted by Gasteiger charge is 2.35. The van der Waals surface area contributed by atoms with Crippen LogP contribution in [-0.4, -0.2) is 29.0 Å². The van der Waals surface area contributed by atoms with E-state index in [1.165, 1.54) is 7.11 Å². The Morgan fingerprint density at radius 3 is 2.69 bits per heavy atom. The van der Waals surface area contributed by atoms with Gasteiger partial charge in [-0.15, -0.1) is 10.2 Å². The van der Waals surface area contributed by atoms with E-state index >= 15 is 0 Å². The van der Waals surface area contributed by atoms with Crippen LogP contribution in [0.2, 0.25) is 0 Å². The van der Waals surface area contributed by atoms with Crippen LogP contribution in [0.15, 0.2) is 12.1 Å². The zero-order valence-electron chi connectivity index (χ0n) is 13.6. The van der Waals surface area contributed by atoms with Gasteiger partial charge in [0.1, 0.15) is 17.3 Å². The Hall–Kier alpha value is -2.46. The summed E-state index contributed by atoms with van der Waals surface area (Å²) in [4.78, 5) is 0. The predicted octanol–water partition coefficient (Wildman–Crippen LogP) is 3.20. The van der Waals surface area contributed by atoms with Crippen LogP contribution in [0.4, 0.5) is 23.4 Å². The Bertz CT molecular complexity index is 819. The van der Waals surface area contributed by atoms with Crippen molar-refractivity contribution in [1.82, 2.24) is 10.2 Å². The minimum atomic E-state index is -4.79. The molecule has 26 heavy (non-hydrogen) atoms. The van der Waals surface area contributed by atoms with Gasteiger partial charge in [0.05, 0.1) is 23.8 Å². The number of phenols is 1. The van der Waals surface area contributed by atoms with Crippen LogP contribution in [-0.2, 0) is 22.3 Å². The van der Waals surface area contributed by atoms with E-state index in [2.05, 4.69) is 10.2 Å². The first-order chi connectivity index (χ1) is 12.2. The molecule has 0 saturated carbocycles. The average molecular weight is 373 g/mol. The first-order valence-electron chi connectivity index (χ1n) is 7.59. The molecular formula is C16H15F4N3O3. The molecule has 2 aromatic rings. The SMILES string of the molecule is COCCC1OCc2c(-c3c(O)cc(C(F)(F)F)cc3F)nnc(N)c21. The monoisotopic (exact) mass is 373 g/mol. The normalized spacial score (nSPS) is 16.7. The highest BCUT2D eigenvalue weighted by atomic mass is 19.4. The second-order valence-electron chi connectivity index (χ2n) is 5.76. The van der Waals surface area contributed by atoms with Crippen LogP contribution < -0.4 is 5.73 Å². The minimum Gasteiger partial charge on any atom is -0.507 e. The highest BCUT2D eigenvalue weighted by Crippen LogP contribution is 2.44. The van der Waals surface area contributed by atoms with Crippen molar-refractivity contribution in [2.45, 2.75) is 25.3 Å². The molecular weight excluding hydrogens is 358 g/mol. The number of anilines is 1. The number of ether oxygens (including phenoxy) is 2. The van der Waals surface area contributed by atoms with E-state index < -0.39 is 35.0 Å². The van der Waals surface area contributed by atoms with E-state index in [0.29, 0.717) is 36.3 Å². The summed E-state index contributed by atoms with van der Waals surface area (Å²) < 4.78 is 63.3. The van der Waals surface area contributed by atoms with Crippen molar-refractivity contribution in [3.8, 4) is 17.0 Å². The maximum absolute atomic E-state index is 14.4. The number of rotatable bonds is 4. The fraction of sp³-hybridized carbons (Fsp3) is 0.375. The summed E-state index contributed by atoms with van der Waals surface area (Å²) in [6.07, 6.45) is -4.79. The number of alkyl halides is 3. The van der Waals surface area contributed by atoms with Crippen LogP contribution >= 0.6 is 0 Å². The van der Waals surface area contributed by atoms with Gasteiger partial charge in [-0.1, -0.05) is 0 Å². The lowest BCUT2D eigenvalue weighted by Gasteiger charge is -2.14. The van der Waals surface area contributed by atoms with E-state index in [1.54, 1.807) is 0 Å². The molecule has 0 aliphatic carbocycles. The molecule has 3 N–H and O–H groups in total. The number of phenolic OH excluding ortho intramolecular Hbond substituents is 1. The van der Waals surface area contributed by atoms with Crippen molar-refractivity contribution in [2.24, 2.45) is 0 Å². The number of nitrogens with two attached hydrogens (primary N) is 1. The number of fused-ring (bicyclic) bond motifs is 1. The molecule has 0 radical (unpaired) electrons. The fourth-order valence-corrected chi connectivity index (χ4v) is 2.92. The number of halogens is 4. The molecule has 3 rings (SSSR count). The Balaban J connectivity index is 2.11. The summed E-state index contributed by atoms with van der Waals surface area (Å²) in [7, 11) is 1.52. The van der Waals surface area contributed by atoms with Gasteiger partial charge in [0.2, 0.25) is 0 Å². The van der Waals surface area contributed by atoms with Gasteiger partial charge in [-0.25, -0.2) is 4.39 Å². The molecule has 1 aromatic carbocycles. The molecule has 0 amide bonds. The molecule has 0 fully saturated rings. The smallest absolute Gasteiger partial charge is 0.416 e. The van der Waals surface area contributed by atoms with Gasteiger partial charge in [-0.2, -0.15) is 13.2 Å². The molecule has 1 aromatic heterocycles. The Morgan fingerprint density at radius 1 is 1.35 bits per heavy atom. The number of aromatic hydroxyl groups is 1. The third-order valence-electron chi connectivity index (χ3n) is 4.11. The standard InChI is InChI=1S/C16H15F4N3O3/c1-25-3-2-11-12-8(6-26-11)14(22-23-15(12)21)13-9(17)4-7(5-10(13)24)16(18,19)20/h4-5,11,24H,2-3,6H2,1H3,(H2,21,23). The Morgan fingerprint density at radius 2 is 2.08 bits per heavy atom. The summed E-state index contributed by atoms with van der Waals surface area (Å²) in [5, 5.41) is 17.5. The van der Waals surface area contributed by atoms with E-state index in [0.717, 1.165) is 0 Å². The van der Waals surface area contributed by atoms with E-state index in [4.69, 9.17) is 15.2 Å². The third kappa shape index (κ3) is 3.17. The second kappa shape index (κ2) is 6.69. The van der Waals surface area contributed by atoms with Gasteiger partial charge < -0.3 is 20.3 Å². The quantitative estimate of drug-likeness (QED) is 0.800. The molecule has 0 saturated heterocycles.